The number of aromatic nitrogens is 2. The van der Waals surface area contributed by atoms with E-state index < -0.39 is 0 Å². The fourth-order valence-corrected chi connectivity index (χ4v) is 2.85. The zero-order valence-electron chi connectivity index (χ0n) is 10.7. The van der Waals surface area contributed by atoms with Gasteiger partial charge in [0.2, 0.25) is 0 Å². The lowest BCUT2D eigenvalue weighted by molar-refractivity contribution is 0.273. The van der Waals surface area contributed by atoms with Gasteiger partial charge in [-0.2, -0.15) is 0 Å². The van der Waals surface area contributed by atoms with E-state index in [4.69, 9.17) is 5.11 Å². The normalized spacial score (nSPS) is 13.1. The first kappa shape index (κ1) is 13.4. The summed E-state index contributed by atoms with van der Waals surface area (Å²) in [6.07, 6.45) is 0.767. The molecule has 1 atom stereocenters. The Balaban J connectivity index is 2.03. The molecule has 0 radical (unpaired) electrons. The highest BCUT2D eigenvalue weighted by Gasteiger charge is 2.08. The quantitative estimate of drug-likeness (QED) is 0.699. The second-order valence-corrected chi connectivity index (χ2v) is 5.38. The van der Waals surface area contributed by atoms with Crippen LogP contribution in [-0.4, -0.2) is 40.5 Å². The molecule has 4 nitrogen and oxygen atoms in total. The van der Waals surface area contributed by atoms with Crippen LogP contribution in [0.5, 0.6) is 0 Å². The molecular formula is C13H19N3OS. The Labute approximate surface area is 111 Å². The Morgan fingerprint density at radius 3 is 3.06 bits per heavy atom. The third kappa shape index (κ3) is 3.25. The monoisotopic (exact) mass is 265 g/mol. The highest BCUT2D eigenvalue weighted by Crippen LogP contribution is 2.21. The van der Waals surface area contributed by atoms with Crippen molar-refractivity contribution in [3.8, 4) is 0 Å². The number of hydrogen-bond acceptors (Lipinski definition) is 4. The number of nitrogens with zero attached hydrogens (tertiary/aromatic N) is 1. The van der Waals surface area contributed by atoms with E-state index in [1.165, 1.54) is 5.56 Å². The molecule has 2 aromatic rings. The third-order valence-electron chi connectivity index (χ3n) is 2.92. The number of rotatable bonds is 6. The largest absolute Gasteiger partial charge is 0.396 e. The van der Waals surface area contributed by atoms with Crippen LogP contribution in [0.4, 0.5) is 0 Å². The molecule has 0 aliphatic carbocycles. The number of fused-ring (bicyclic) bond motifs is 1. The van der Waals surface area contributed by atoms with Gasteiger partial charge >= 0.3 is 0 Å². The van der Waals surface area contributed by atoms with Gasteiger partial charge < -0.3 is 15.4 Å². The van der Waals surface area contributed by atoms with Gasteiger partial charge in [0, 0.05) is 18.4 Å². The summed E-state index contributed by atoms with van der Waals surface area (Å²) in [6, 6.07) is 6.53. The molecule has 0 saturated carbocycles. The first-order valence-electron chi connectivity index (χ1n) is 6.10. The second-order valence-electron chi connectivity index (χ2n) is 4.37. The van der Waals surface area contributed by atoms with Crippen LogP contribution in [0, 0.1) is 6.92 Å². The van der Waals surface area contributed by atoms with Gasteiger partial charge in [-0.05, 0) is 38.1 Å². The molecular weight excluding hydrogens is 246 g/mol. The molecule has 1 aromatic heterocycles. The van der Waals surface area contributed by atoms with Crippen LogP contribution in [0.1, 0.15) is 12.0 Å². The minimum Gasteiger partial charge on any atom is -0.396 e. The van der Waals surface area contributed by atoms with Crippen LogP contribution >= 0.6 is 11.8 Å². The second kappa shape index (κ2) is 6.22. The molecule has 0 aliphatic rings. The average Bonchev–Trinajstić information content (AvgIpc) is 2.76. The number of thioether (sulfide) groups is 1. The lowest BCUT2D eigenvalue weighted by atomic mass is 10.2. The maximum Gasteiger partial charge on any atom is 0.166 e. The predicted molar refractivity (Wildman–Crippen MR) is 76.1 cm³/mol. The first-order valence-corrected chi connectivity index (χ1v) is 7.09. The summed E-state index contributed by atoms with van der Waals surface area (Å²) in [5, 5.41) is 13.1. The molecule has 0 amide bonds. The number of benzene rings is 1. The number of hydrogen-bond donors (Lipinski definition) is 3. The van der Waals surface area contributed by atoms with E-state index in [2.05, 4.69) is 34.3 Å². The van der Waals surface area contributed by atoms with Crippen molar-refractivity contribution in [1.82, 2.24) is 15.3 Å². The van der Waals surface area contributed by atoms with Gasteiger partial charge in [0.05, 0.1) is 11.0 Å². The number of aliphatic hydroxyl groups excluding tert-OH is 1. The minimum absolute atomic E-state index is 0.214. The van der Waals surface area contributed by atoms with E-state index >= 15 is 0 Å². The van der Waals surface area contributed by atoms with E-state index in [9.17, 15) is 0 Å². The van der Waals surface area contributed by atoms with Gasteiger partial charge in [-0.15, -0.1) is 0 Å². The Bertz CT molecular complexity index is 512. The first-order chi connectivity index (χ1) is 8.72. The maximum absolute atomic E-state index is 8.94. The smallest absolute Gasteiger partial charge is 0.166 e. The van der Waals surface area contributed by atoms with E-state index in [0.717, 1.165) is 28.4 Å². The van der Waals surface area contributed by atoms with Gasteiger partial charge in [0.25, 0.3) is 0 Å². The molecule has 1 heterocycles. The summed E-state index contributed by atoms with van der Waals surface area (Å²) in [6.45, 7) is 2.29. The predicted octanol–water partition coefficient (Wildman–Crippen LogP) is 1.93. The van der Waals surface area contributed by atoms with Gasteiger partial charge in [0.1, 0.15) is 0 Å². The lowest BCUT2D eigenvalue weighted by Crippen LogP contribution is -2.28. The molecule has 0 bridgehead atoms. The van der Waals surface area contributed by atoms with Crippen LogP contribution in [0.2, 0.25) is 0 Å². The van der Waals surface area contributed by atoms with Crippen LogP contribution in [0.15, 0.2) is 23.4 Å². The number of nitrogens with one attached hydrogen (secondary N) is 2. The summed E-state index contributed by atoms with van der Waals surface area (Å²) in [7, 11) is 1.92. The summed E-state index contributed by atoms with van der Waals surface area (Å²) in [5.74, 6) is 0.899. The zero-order chi connectivity index (χ0) is 13.0. The molecule has 1 unspecified atom stereocenters. The van der Waals surface area contributed by atoms with Crippen molar-refractivity contribution in [2.75, 3.05) is 19.4 Å². The van der Waals surface area contributed by atoms with Gasteiger partial charge in [0.15, 0.2) is 5.16 Å². The molecule has 18 heavy (non-hydrogen) atoms. The van der Waals surface area contributed by atoms with Gasteiger partial charge in [-0.25, -0.2) is 4.98 Å². The fraction of sp³-hybridized carbons (Fsp3) is 0.462. The van der Waals surface area contributed by atoms with Crippen molar-refractivity contribution in [2.45, 2.75) is 24.5 Å². The number of aryl methyl sites for hydroxylation is 1. The molecule has 5 heteroatoms. The molecule has 0 saturated heterocycles. The Morgan fingerprint density at radius 1 is 1.50 bits per heavy atom. The molecule has 0 aliphatic heterocycles. The van der Waals surface area contributed by atoms with Gasteiger partial charge in [-0.1, -0.05) is 17.8 Å². The van der Waals surface area contributed by atoms with E-state index in [-0.39, 0.29) is 6.61 Å². The molecule has 3 N–H and O–H groups in total. The summed E-state index contributed by atoms with van der Waals surface area (Å²) < 4.78 is 0. The van der Waals surface area contributed by atoms with Gasteiger partial charge in [-0.3, -0.25) is 0 Å². The van der Waals surface area contributed by atoms with Crippen LogP contribution in [0.25, 0.3) is 11.0 Å². The molecule has 0 spiro atoms. The third-order valence-corrected chi connectivity index (χ3v) is 3.96. The lowest BCUT2D eigenvalue weighted by Gasteiger charge is -2.12. The van der Waals surface area contributed by atoms with E-state index in [1.807, 2.05) is 13.1 Å². The van der Waals surface area contributed by atoms with Crippen molar-refractivity contribution < 1.29 is 5.11 Å². The SMILES string of the molecule is CNC(CCO)CSc1nc2ccc(C)cc2[nH]1. The fourth-order valence-electron chi connectivity index (χ4n) is 1.81. The Hall–Kier alpha value is -1.04. The number of imidazole rings is 1. The molecule has 0 fully saturated rings. The zero-order valence-corrected chi connectivity index (χ0v) is 11.5. The maximum atomic E-state index is 8.94. The molecule has 1 aromatic carbocycles. The topological polar surface area (TPSA) is 60.9 Å². The number of H-pyrrole nitrogens is 1. The van der Waals surface area contributed by atoms with Crippen LogP contribution < -0.4 is 5.32 Å². The summed E-state index contributed by atoms with van der Waals surface area (Å²) >= 11 is 1.68. The average molecular weight is 265 g/mol. The standard InChI is InChI=1S/C13H19N3OS/c1-9-3-4-11-12(7-9)16-13(15-11)18-8-10(14-2)5-6-17/h3-4,7,10,14,17H,5-6,8H2,1-2H3,(H,15,16). The highest BCUT2D eigenvalue weighted by atomic mass is 32.2. The Kier molecular flexibility index (Phi) is 4.63. The highest BCUT2D eigenvalue weighted by molar-refractivity contribution is 7.99. The van der Waals surface area contributed by atoms with Crippen molar-refractivity contribution >= 4 is 22.8 Å². The van der Waals surface area contributed by atoms with Crippen LogP contribution in [-0.2, 0) is 0 Å². The van der Waals surface area contributed by atoms with Crippen molar-refractivity contribution in [3.63, 3.8) is 0 Å². The minimum atomic E-state index is 0.214. The van der Waals surface area contributed by atoms with E-state index in [0.29, 0.717) is 6.04 Å². The number of aliphatic hydroxyl groups is 1. The van der Waals surface area contributed by atoms with Crippen molar-refractivity contribution in [3.05, 3.63) is 23.8 Å². The Morgan fingerprint density at radius 2 is 2.33 bits per heavy atom. The molecule has 98 valence electrons. The summed E-state index contributed by atoms with van der Waals surface area (Å²) in [5.41, 5.74) is 3.32. The number of aromatic amines is 1. The van der Waals surface area contributed by atoms with Crippen molar-refractivity contribution in [1.29, 1.82) is 0 Å². The van der Waals surface area contributed by atoms with Crippen molar-refractivity contribution in [2.24, 2.45) is 0 Å². The molecule has 2 rings (SSSR count). The van der Waals surface area contributed by atoms with E-state index in [1.54, 1.807) is 11.8 Å². The summed E-state index contributed by atoms with van der Waals surface area (Å²) in [4.78, 5) is 7.86. The van der Waals surface area contributed by atoms with Crippen LogP contribution in [0.3, 0.4) is 0 Å².